The summed E-state index contributed by atoms with van der Waals surface area (Å²) in [5, 5.41) is 13.2. The molecule has 0 aromatic heterocycles. The first-order valence-corrected chi connectivity index (χ1v) is 3.33. The summed E-state index contributed by atoms with van der Waals surface area (Å²) in [6, 6.07) is 4.24. The molecule has 1 rings (SSSR count). The number of nitrogens with zero attached hydrogens (tertiary/aromatic N) is 1. The van der Waals surface area contributed by atoms with Gasteiger partial charge in [-0.2, -0.15) is 0 Å². The summed E-state index contributed by atoms with van der Waals surface area (Å²) in [5.74, 6) is -0.349. The maximum absolute atomic E-state index is 10.7. The van der Waals surface area contributed by atoms with E-state index in [-0.39, 0.29) is 11.4 Å². The standard InChI is InChI=1S/C6H4BrNO2/c7-4-1-2-6(9)5(3-4)8-10/h1-3,9H/p-1. The molecule has 0 atom stereocenters. The summed E-state index contributed by atoms with van der Waals surface area (Å²) in [5.41, 5.74) is -0.0608. The first kappa shape index (κ1) is 7.21. The molecule has 0 spiro atoms. The molecule has 1 aromatic rings. The van der Waals surface area contributed by atoms with Crippen LogP contribution in [-0.4, -0.2) is 0 Å². The van der Waals surface area contributed by atoms with Gasteiger partial charge in [0.15, 0.2) is 0 Å². The quantitative estimate of drug-likeness (QED) is 0.651. The van der Waals surface area contributed by atoms with Gasteiger partial charge < -0.3 is 5.11 Å². The molecular formula is C6H3BrNO2-. The molecule has 1 aromatic carbocycles. The maximum atomic E-state index is 10.7. The normalized spacial score (nSPS) is 9.30. The van der Waals surface area contributed by atoms with Crippen LogP contribution in [0.2, 0.25) is 0 Å². The fourth-order valence-electron chi connectivity index (χ4n) is 0.562. The van der Waals surface area contributed by atoms with Crippen LogP contribution in [-0.2, 0) is 0 Å². The van der Waals surface area contributed by atoms with E-state index in [9.17, 15) is 10.0 Å². The molecule has 0 aliphatic heterocycles. The zero-order chi connectivity index (χ0) is 7.56. The number of nitroso groups, excluding NO2 is 1. The van der Waals surface area contributed by atoms with Crippen LogP contribution in [0.1, 0.15) is 0 Å². The Hall–Kier alpha value is -0.900. The van der Waals surface area contributed by atoms with E-state index in [4.69, 9.17) is 0 Å². The number of hydrogen-bond acceptors (Lipinski definition) is 3. The highest BCUT2D eigenvalue weighted by Crippen LogP contribution is 2.26. The van der Waals surface area contributed by atoms with Crippen LogP contribution in [0.4, 0.5) is 5.69 Å². The van der Waals surface area contributed by atoms with Crippen molar-refractivity contribution in [1.29, 1.82) is 0 Å². The zero-order valence-corrected chi connectivity index (χ0v) is 6.46. The predicted molar refractivity (Wildman–Crippen MR) is 39.0 cm³/mol. The van der Waals surface area contributed by atoms with E-state index in [1.807, 2.05) is 0 Å². The maximum Gasteiger partial charge on any atom is 0.101 e. The van der Waals surface area contributed by atoms with Crippen LogP contribution in [0, 0.1) is 4.91 Å². The number of halogens is 1. The molecule has 0 aliphatic carbocycles. The van der Waals surface area contributed by atoms with Gasteiger partial charge in [0.25, 0.3) is 0 Å². The van der Waals surface area contributed by atoms with E-state index in [2.05, 4.69) is 21.1 Å². The second kappa shape index (κ2) is 2.79. The van der Waals surface area contributed by atoms with Crippen molar-refractivity contribution in [2.45, 2.75) is 0 Å². The molecule has 0 heterocycles. The van der Waals surface area contributed by atoms with Gasteiger partial charge in [0, 0.05) is 4.47 Å². The minimum atomic E-state index is -0.349. The summed E-state index contributed by atoms with van der Waals surface area (Å²) >= 11 is 3.10. The fraction of sp³-hybridized carbons (Fsp3) is 0. The Morgan fingerprint density at radius 1 is 1.50 bits per heavy atom. The Bertz CT molecular complexity index is 262. The third kappa shape index (κ3) is 1.33. The molecule has 0 saturated heterocycles. The van der Waals surface area contributed by atoms with Crippen molar-refractivity contribution in [2.75, 3.05) is 0 Å². The van der Waals surface area contributed by atoms with Crippen molar-refractivity contribution in [2.24, 2.45) is 5.18 Å². The molecule has 0 bridgehead atoms. The number of benzene rings is 1. The Morgan fingerprint density at radius 3 is 2.70 bits per heavy atom. The van der Waals surface area contributed by atoms with Crippen molar-refractivity contribution in [1.82, 2.24) is 0 Å². The highest BCUT2D eigenvalue weighted by atomic mass is 79.9. The molecule has 0 unspecified atom stereocenters. The molecule has 0 aliphatic rings. The Labute approximate surface area is 65.8 Å². The second-order valence-electron chi connectivity index (χ2n) is 1.70. The van der Waals surface area contributed by atoms with Gasteiger partial charge in [-0.25, -0.2) is 0 Å². The molecule has 10 heavy (non-hydrogen) atoms. The largest absolute Gasteiger partial charge is 0.871 e. The van der Waals surface area contributed by atoms with Gasteiger partial charge in [0.05, 0.1) is 0 Å². The summed E-state index contributed by atoms with van der Waals surface area (Å²) in [7, 11) is 0. The highest BCUT2D eigenvalue weighted by molar-refractivity contribution is 9.10. The predicted octanol–water partition coefficient (Wildman–Crippen LogP) is 1.92. The zero-order valence-electron chi connectivity index (χ0n) is 4.87. The first-order chi connectivity index (χ1) is 4.74. The Morgan fingerprint density at radius 2 is 2.20 bits per heavy atom. The van der Waals surface area contributed by atoms with Crippen molar-refractivity contribution in [3.8, 4) is 5.75 Å². The molecule has 0 N–H and O–H groups in total. The van der Waals surface area contributed by atoms with E-state index in [0.29, 0.717) is 4.47 Å². The molecular weight excluding hydrogens is 198 g/mol. The fourth-order valence-corrected chi connectivity index (χ4v) is 0.911. The topological polar surface area (TPSA) is 52.5 Å². The number of rotatable bonds is 1. The minimum Gasteiger partial charge on any atom is -0.871 e. The molecule has 4 heteroatoms. The van der Waals surface area contributed by atoms with Gasteiger partial charge >= 0.3 is 0 Å². The van der Waals surface area contributed by atoms with Gasteiger partial charge in [-0.15, -0.1) is 4.91 Å². The monoisotopic (exact) mass is 200 g/mol. The van der Waals surface area contributed by atoms with Crippen LogP contribution < -0.4 is 5.11 Å². The average molecular weight is 201 g/mol. The molecule has 0 saturated carbocycles. The van der Waals surface area contributed by atoms with Gasteiger partial charge in [-0.05, 0) is 17.3 Å². The van der Waals surface area contributed by atoms with Crippen molar-refractivity contribution >= 4 is 21.6 Å². The van der Waals surface area contributed by atoms with Crippen molar-refractivity contribution in [3.05, 3.63) is 27.6 Å². The molecule has 3 nitrogen and oxygen atoms in total. The van der Waals surface area contributed by atoms with Crippen LogP contribution in [0.25, 0.3) is 0 Å². The molecule has 0 amide bonds. The smallest absolute Gasteiger partial charge is 0.101 e. The van der Waals surface area contributed by atoms with Crippen LogP contribution in [0.3, 0.4) is 0 Å². The number of hydrogen-bond donors (Lipinski definition) is 0. The SMILES string of the molecule is O=Nc1cc(Br)ccc1[O-]. The van der Waals surface area contributed by atoms with Gasteiger partial charge in [0.1, 0.15) is 5.69 Å². The minimum absolute atomic E-state index is 0.0608. The van der Waals surface area contributed by atoms with E-state index >= 15 is 0 Å². The lowest BCUT2D eigenvalue weighted by molar-refractivity contribution is -0.267. The van der Waals surface area contributed by atoms with Crippen molar-refractivity contribution < 1.29 is 5.11 Å². The summed E-state index contributed by atoms with van der Waals surface area (Å²) < 4.78 is 0.682. The Balaban J connectivity index is 3.21. The molecule has 0 fully saturated rings. The third-order valence-corrected chi connectivity index (χ3v) is 1.51. The second-order valence-corrected chi connectivity index (χ2v) is 2.62. The lowest BCUT2D eigenvalue weighted by Crippen LogP contribution is -1.88. The third-order valence-electron chi connectivity index (χ3n) is 1.02. The lowest BCUT2D eigenvalue weighted by atomic mass is 10.3. The van der Waals surface area contributed by atoms with E-state index in [1.165, 1.54) is 12.1 Å². The first-order valence-electron chi connectivity index (χ1n) is 2.54. The van der Waals surface area contributed by atoms with Gasteiger partial charge in [-0.3, -0.25) is 0 Å². The molecule has 52 valence electrons. The van der Waals surface area contributed by atoms with Crippen LogP contribution in [0.5, 0.6) is 5.75 Å². The summed E-state index contributed by atoms with van der Waals surface area (Å²) in [6.45, 7) is 0. The van der Waals surface area contributed by atoms with E-state index in [0.717, 1.165) is 0 Å². The average Bonchev–Trinajstić information content (AvgIpc) is 1.94. The van der Waals surface area contributed by atoms with Crippen molar-refractivity contribution in [3.63, 3.8) is 0 Å². The summed E-state index contributed by atoms with van der Waals surface area (Å²) in [6.07, 6.45) is 0. The lowest BCUT2D eigenvalue weighted by Gasteiger charge is -2.05. The molecule has 0 radical (unpaired) electrons. The van der Waals surface area contributed by atoms with Crippen LogP contribution >= 0.6 is 15.9 Å². The highest BCUT2D eigenvalue weighted by Gasteiger charge is 1.92. The van der Waals surface area contributed by atoms with Crippen LogP contribution in [0.15, 0.2) is 27.8 Å². The van der Waals surface area contributed by atoms with Gasteiger partial charge in [0.2, 0.25) is 0 Å². The van der Waals surface area contributed by atoms with Gasteiger partial charge in [-0.1, -0.05) is 27.7 Å². The Kier molecular flexibility index (Phi) is 2.01. The van der Waals surface area contributed by atoms with E-state index < -0.39 is 0 Å². The van der Waals surface area contributed by atoms with E-state index in [1.54, 1.807) is 6.07 Å². The summed E-state index contributed by atoms with van der Waals surface area (Å²) in [4.78, 5) is 9.91.